The Morgan fingerprint density at radius 2 is 1.90 bits per heavy atom. The number of non-ortho nitro benzene ring substituents is 1. The number of phenols is 1. The standard InChI is InChI=1S/C13H8Br2N2O3/c14-11-4-5-12(15)13(18)10(11)7-16-8-2-1-3-9(6-8)17(19)20/h1-7,18H. The third-order valence-electron chi connectivity index (χ3n) is 2.50. The number of phenolic OH excluding ortho intramolecular Hbond substituents is 1. The number of aliphatic imine (C=N–C) groups is 1. The van der Waals surface area contributed by atoms with Crippen molar-refractivity contribution in [2.24, 2.45) is 4.99 Å². The molecule has 20 heavy (non-hydrogen) atoms. The van der Waals surface area contributed by atoms with E-state index in [1.807, 2.05) is 0 Å². The summed E-state index contributed by atoms with van der Waals surface area (Å²) in [6.07, 6.45) is 1.45. The highest BCUT2D eigenvalue weighted by atomic mass is 79.9. The molecule has 102 valence electrons. The average molecular weight is 400 g/mol. The maximum absolute atomic E-state index is 10.7. The Bertz CT molecular complexity index is 702. The minimum absolute atomic E-state index is 0.0304. The van der Waals surface area contributed by atoms with Gasteiger partial charge in [0.15, 0.2) is 0 Å². The van der Waals surface area contributed by atoms with E-state index in [1.165, 1.54) is 18.3 Å². The zero-order valence-electron chi connectivity index (χ0n) is 9.96. The lowest BCUT2D eigenvalue weighted by Crippen LogP contribution is -1.87. The minimum Gasteiger partial charge on any atom is -0.506 e. The quantitative estimate of drug-likeness (QED) is 0.466. The summed E-state index contributed by atoms with van der Waals surface area (Å²) in [5, 5.41) is 20.6. The molecule has 0 aromatic heterocycles. The molecule has 2 aromatic rings. The van der Waals surface area contributed by atoms with E-state index in [9.17, 15) is 15.2 Å². The Hall–Kier alpha value is -1.73. The third-order valence-corrected chi connectivity index (χ3v) is 3.83. The number of nitrogens with zero attached hydrogens (tertiary/aromatic N) is 2. The van der Waals surface area contributed by atoms with E-state index in [-0.39, 0.29) is 11.4 Å². The van der Waals surface area contributed by atoms with Crippen LogP contribution < -0.4 is 0 Å². The number of halogens is 2. The van der Waals surface area contributed by atoms with Crippen molar-refractivity contribution in [3.05, 3.63) is 61.0 Å². The summed E-state index contributed by atoms with van der Waals surface area (Å²) in [5.41, 5.74) is 0.897. The van der Waals surface area contributed by atoms with Gasteiger partial charge < -0.3 is 5.11 Å². The van der Waals surface area contributed by atoms with Crippen LogP contribution in [0.4, 0.5) is 11.4 Å². The molecule has 5 nitrogen and oxygen atoms in total. The fourth-order valence-corrected chi connectivity index (χ4v) is 2.27. The molecule has 1 N–H and O–H groups in total. The summed E-state index contributed by atoms with van der Waals surface area (Å²) < 4.78 is 1.22. The second-order valence-corrected chi connectivity index (χ2v) is 5.54. The van der Waals surface area contributed by atoms with Gasteiger partial charge in [-0.15, -0.1) is 0 Å². The maximum atomic E-state index is 10.7. The number of hydrogen-bond acceptors (Lipinski definition) is 4. The van der Waals surface area contributed by atoms with Crippen molar-refractivity contribution in [1.29, 1.82) is 0 Å². The van der Waals surface area contributed by atoms with Crippen LogP contribution >= 0.6 is 31.9 Å². The third kappa shape index (κ3) is 3.23. The second-order valence-electron chi connectivity index (χ2n) is 3.83. The van der Waals surface area contributed by atoms with Crippen LogP contribution in [0.15, 0.2) is 50.3 Å². The lowest BCUT2D eigenvalue weighted by Gasteiger charge is -2.03. The average Bonchev–Trinajstić information content (AvgIpc) is 2.43. The lowest BCUT2D eigenvalue weighted by atomic mass is 10.2. The van der Waals surface area contributed by atoms with Crippen molar-refractivity contribution in [1.82, 2.24) is 0 Å². The first-order valence-corrected chi connectivity index (χ1v) is 7.03. The summed E-state index contributed by atoms with van der Waals surface area (Å²) in [7, 11) is 0. The summed E-state index contributed by atoms with van der Waals surface area (Å²) in [4.78, 5) is 14.3. The Morgan fingerprint density at radius 3 is 2.60 bits per heavy atom. The molecule has 0 saturated heterocycles. The maximum Gasteiger partial charge on any atom is 0.271 e. The van der Waals surface area contributed by atoms with E-state index >= 15 is 0 Å². The van der Waals surface area contributed by atoms with E-state index < -0.39 is 4.92 Å². The van der Waals surface area contributed by atoms with Crippen molar-refractivity contribution in [3.8, 4) is 5.75 Å². The van der Waals surface area contributed by atoms with Crippen LogP contribution in [0.3, 0.4) is 0 Å². The fourth-order valence-electron chi connectivity index (χ4n) is 1.51. The number of rotatable bonds is 3. The molecule has 0 atom stereocenters. The van der Waals surface area contributed by atoms with Crippen LogP contribution in [0.1, 0.15) is 5.56 Å². The van der Waals surface area contributed by atoms with Gasteiger partial charge >= 0.3 is 0 Å². The van der Waals surface area contributed by atoms with Gasteiger partial charge in [-0.2, -0.15) is 0 Å². The van der Waals surface area contributed by atoms with Crippen molar-refractivity contribution >= 4 is 49.4 Å². The smallest absolute Gasteiger partial charge is 0.271 e. The number of nitro groups is 1. The molecule has 0 bridgehead atoms. The highest BCUT2D eigenvalue weighted by molar-refractivity contribution is 9.11. The first-order valence-electron chi connectivity index (χ1n) is 5.44. The molecule has 0 amide bonds. The van der Waals surface area contributed by atoms with Crippen molar-refractivity contribution < 1.29 is 10.0 Å². The zero-order chi connectivity index (χ0) is 14.7. The lowest BCUT2D eigenvalue weighted by molar-refractivity contribution is -0.384. The van der Waals surface area contributed by atoms with Crippen LogP contribution in [-0.2, 0) is 0 Å². The number of nitro benzene ring substituents is 1. The molecule has 0 radical (unpaired) electrons. The van der Waals surface area contributed by atoms with Crippen LogP contribution in [0.5, 0.6) is 5.75 Å². The van der Waals surface area contributed by atoms with E-state index in [0.29, 0.717) is 20.2 Å². The van der Waals surface area contributed by atoms with E-state index in [1.54, 1.807) is 24.3 Å². The Balaban J connectivity index is 2.37. The summed E-state index contributed by atoms with van der Waals surface area (Å²) in [6.45, 7) is 0. The largest absolute Gasteiger partial charge is 0.506 e. The molecule has 0 aliphatic rings. The van der Waals surface area contributed by atoms with Gasteiger partial charge in [-0.1, -0.05) is 6.07 Å². The van der Waals surface area contributed by atoms with Gasteiger partial charge in [0.05, 0.1) is 15.1 Å². The number of hydrogen-bond donors (Lipinski definition) is 1. The van der Waals surface area contributed by atoms with Crippen molar-refractivity contribution in [2.45, 2.75) is 0 Å². The predicted molar refractivity (Wildman–Crippen MR) is 83.9 cm³/mol. The van der Waals surface area contributed by atoms with E-state index in [2.05, 4.69) is 36.9 Å². The van der Waals surface area contributed by atoms with E-state index in [0.717, 1.165) is 0 Å². The predicted octanol–water partition coefficient (Wildman–Crippen LogP) is 4.58. The number of aromatic hydroxyl groups is 1. The topological polar surface area (TPSA) is 75.7 Å². The van der Waals surface area contributed by atoms with Gasteiger partial charge in [0.1, 0.15) is 5.75 Å². The minimum atomic E-state index is -0.481. The van der Waals surface area contributed by atoms with Gasteiger partial charge in [-0.05, 0) is 50.1 Å². The molecule has 0 heterocycles. The molecule has 0 unspecified atom stereocenters. The molecule has 0 saturated carbocycles. The molecule has 0 spiro atoms. The summed E-state index contributed by atoms with van der Waals surface area (Å²) >= 11 is 6.53. The Labute approximate surface area is 131 Å². The van der Waals surface area contributed by atoms with Gasteiger partial charge in [0.25, 0.3) is 5.69 Å². The first-order chi connectivity index (χ1) is 9.49. The Morgan fingerprint density at radius 1 is 1.20 bits per heavy atom. The zero-order valence-corrected chi connectivity index (χ0v) is 13.1. The summed E-state index contributed by atoms with van der Waals surface area (Å²) in [5.74, 6) is 0.0496. The normalized spacial score (nSPS) is 10.9. The monoisotopic (exact) mass is 398 g/mol. The first kappa shape index (κ1) is 14.7. The molecular formula is C13H8Br2N2O3. The molecule has 2 rings (SSSR count). The molecule has 0 aliphatic heterocycles. The van der Waals surface area contributed by atoms with Crippen LogP contribution in [-0.4, -0.2) is 16.2 Å². The number of benzene rings is 2. The molecule has 0 fully saturated rings. The van der Waals surface area contributed by atoms with Gasteiger partial charge in [-0.25, -0.2) is 0 Å². The second kappa shape index (κ2) is 6.15. The van der Waals surface area contributed by atoms with E-state index in [4.69, 9.17) is 0 Å². The molecule has 0 aliphatic carbocycles. The van der Waals surface area contributed by atoms with Crippen LogP contribution in [0.2, 0.25) is 0 Å². The van der Waals surface area contributed by atoms with Gasteiger partial charge in [-0.3, -0.25) is 15.1 Å². The highest BCUT2D eigenvalue weighted by Gasteiger charge is 2.08. The highest BCUT2D eigenvalue weighted by Crippen LogP contribution is 2.32. The van der Waals surface area contributed by atoms with Crippen LogP contribution in [0, 0.1) is 10.1 Å². The van der Waals surface area contributed by atoms with Crippen molar-refractivity contribution in [2.75, 3.05) is 0 Å². The molecular weight excluding hydrogens is 392 g/mol. The van der Waals surface area contributed by atoms with Gasteiger partial charge in [0, 0.05) is 28.4 Å². The Kier molecular flexibility index (Phi) is 4.51. The molecule has 7 heteroatoms. The SMILES string of the molecule is O=[N+]([O-])c1cccc(N=Cc2c(Br)ccc(Br)c2O)c1. The van der Waals surface area contributed by atoms with Crippen molar-refractivity contribution in [3.63, 3.8) is 0 Å². The fraction of sp³-hybridized carbons (Fsp3) is 0. The van der Waals surface area contributed by atoms with Crippen LogP contribution in [0.25, 0.3) is 0 Å². The summed E-state index contributed by atoms with van der Waals surface area (Å²) in [6, 6.07) is 9.42. The molecule has 2 aromatic carbocycles. The van der Waals surface area contributed by atoms with Gasteiger partial charge in [0.2, 0.25) is 0 Å².